The Morgan fingerprint density at radius 2 is 1.49 bits per heavy atom. The van der Waals surface area contributed by atoms with Crippen LogP contribution in [0.15, 0.2) is 83.0 Å². The van der Waals surface area contributed by atoms with E-state index in [4.69, 9.17) is 0 Å². The maximum Gasteiger partial charge on any atom is 0.269 e. The van der Waals surface area contributed by atoms with Gasteiger partial charge in [0, 0.05) is 43.2 Å². The van der Waals surface area contributed by atoms with Crippen LogP contribution in [0.5, 0.6) is 0 Å². The minimum Gasteiger partial charge on any atom is -0.378 e. The minimum absolute atomic E-state index is 0.00250. The number of benzene rings is 3. The molecule has 172 valence electrons. The molecule has 0 bridgehead atoms. The molecule has 0 atom stereocenters. The topological polar surface area (TPSA) is 146 Å². The third-order valence-corrected chi connectivity index (χ3v) is 4.84. The summed E-state index contributed by atoms with van der Waals surface area (Å²) in [6.07, 6.45) is 0. The molecule has 11 heteroatoms. The van der Waals surface area contributed by atoms with Crippen molar-refractivity contribution in [2.45, 2.75) is 0 Å². The summed E-state index contributed by atoms with van der Waals surface area (Å²) < 4.78 is 0. The summed E-state index contributed by atoms with van der Waals surface area (Å²) in [6, 6.07) is 22.5. The van der Waals surface area contributed by atoms with Gasteiger partial charge in [-0.1, -0.05) is 0 Å². The number of non-ortho nitro benzene ring substituents is 1. The molecule has 0 saturated carbocycles. The van der Waals surface area contributed by atoms with Crippen LogP contribution in [0.3, 0.4) is 0 Å². The summed E-state index contributed by atoms with van der Waals surface area (Å²) in [5.74, 6) is 0.629. The van der Waals surface area contributed by atoms with Crippen molar-refractivity contribution in [1.29, 1.82) is 5.26 Å². The van der Waals surface area contributed by atoms with Crippen LogP contribution in [0.2, 0.25) is 0 Å². The average molecular weight is 465 g/mol. The van der Waals surface area contributed by atoms with Gasteiger partial charge >= 0.3 is 0 Å². The molecule has 0 unspecified atom stereocenters. The fourth-order valence-electron chi connectivity index (χ4n) is 3.02. The first-order chi connectivity index (χ1) is 16.9. The number of nitrogens with zero attached hydrogens (tertiary/aromatic N) is 8. The highest BCUT2D eigenvalue weighted by Gasteiger charge is 2.10. The average Bonchev–Trinajstić information content (AvgIpc) is 2.88. The number of nitro groups is 1. The Morgan fingerprint density at radius 1 is 0.886 bits per heavy atom. The first-order valence-corrected chi connectivity index (χ1v) is 10.4. The number of rotatable bonds is 7. The van der Waals surface area contributed by atoms with E-state index in [1.165, 1.54) is 24.3 Å². The Labute approximate surface area is 200 Å². The number of nitriles is 1. The van der Waals surface area contributed by atoms with E-state index in [2.05, 4.69) is 30.5 Å². The van der Waals surface area contributed by atoms with Gasteiger partial charge in [0.1, 0.15) is 6.07 Å². The third kappa shape index (κ3) is 5.77. The summed E-state index contributed by atoms with van der Waals surface area (Å²) in [5, 5.41) is 31.4. The lowest BCUT2D eigenvalue weighted by atomic mass is 10.2. The first-order valence-electron chi connectivity index (χ1n) is 10.4. The number of nitro benzene ring substituents is 1. The smallest absolute Gasteiger partial charge is 0.269 e. The van der Waals surface area contributed by atoms with Crippen molar-refractivity contribution >= 4 is 34.4 Å². The van der Waals surface area contributed by atoms with Gasteiger partial charge in [0.25, 0.3) is 5.69 Å². The lowest BCUT2D eigenvalue weighted by Gasteiger charge is -2.12. The highest BCUT2D eigenvalue weighted by molar-refractivity contribution is 5.63. The number of hydrogen-bond donors (Lipinski definition) is 1. The summed E-state index contributed by atoms with van der Waals surface area (Å²) in [6.45, 7) is 0. The molecule has 0 radical (unpaired) electrons. The van der Waals surface area contributed by atoms with Crippen LogP contribution in [-0.2, 0) is 0 Å². The molecule has 0 saturated heterocycles. The second kappa shape index (κ2) is 10.1. The van der Waals surface area contributed by atoms with E-state index < -0.39 is 4.92 Å². The molecule has 0 aliphatic rings. The molecule has 11 nitrogen and oxygen atoms in total. The Balaban J connectivity index is 1.49. The molecular formula is C24H19N9O2. The quantitative estimate of drug-likeness (QED) is 0.212. The van der Waals surface area contributed by atoms with Crippen molar-refractivity contribution in [3.8, 4) is 17.5 Å². The summed E-state index contributed by atoms with van der Waals surface area (Å²) in [7, 11) is 3.91. The van der Waals surface area contributed by atoms with Crippen LogP contribution in [0.4, 0.5) is 34.4 Å². The van der Waals surface area contributed by atoms with Gasteiger partial charge in [-0.3, -0.25) is 10.1 Å². The maximum atomic E-state index is 10.7. The molecule has 35 heavy (non-hydrogen) atoms. The summed E-state index contributed by atoms with van der Waals surface area (Å²) in [5.41, 5.74) is 3.56. The van der Waals surface area contributed by atoms with Gasteiger partial charge in [-0.25, -0.2) is 0 Å². The number of azo groups is 1. The number of hydrogen-bond acceptors (Lipinski definition) is 10. The molecule has 4 rings (SSSR count). The standard InChI is InChI=1S/C24H19N9O2/c1-32(2)20-11-3-16(4-12-20)23-27-22(15-25)28-24(29-23)26-17-5-7-18(8-6-17)30-31-19-9-13-21(14-10-19)33(34)35/h3-14H,1-2H3,(H,26,27,28,29). The van der Waals surface area contributed by atoms with Crippen molar-refractivity contribution in [3.05, 3.63) is 88.7 Å². The van der Waals surface area contributed by atoms with Crippen molar-refractivity contribution in [2.24, 2.45) is 10.2 Å². The summed E-state index contributed by atoms with van der Waals surface area (Å²) >= 11 is 0. The fourth-order valence-corrected chi connectivity index (χ4v) is 3.02. The van der Waals surface area contributed by atoms with Gasteiger partial charge in [0.2, 0.25) is 11.8 Å². The fraction of sp³-hybridized carbons (Fsp3) is 0.0833. The molecule has 0 fully saturated rings. The van der Waals surface area contributed by atoms with E-state index in [1.54, 1.807) is 24.3 Å². The molecule has 3 aromatic carbocycles. The van der Waals surface area contributed by atoms with Gasteiger partial charge in [-0.2, -0.15) is 30.4 Å². The predicted molar refractivity (Wildman–Crippen MR) is 131 cm³/mol. The zero-order valence-corrected chi connectivity index (χ0v) is 18.8. The van der Waals surface area contributed by atoms with Crippen LogP contribution in [0.25, 0.3) is 11.4 Å². The van der Waals surface area contributed by atoms with Crippen LogP contribution in [0.1, 0.15) is 5.82 Å². The highest BCUT2D eigenvalue weighted by atomic mass is 16.6. The molecule has 0 aliphatic carbocycles. The zero-order chi connectivity index (χ0) is 24.8. The SMILES string of the molecule is CN(C)c1ccc(-c2nc(C#N)nc(Nc3ccc(N=Nc4ccc([N+](=O)[O-])cc4)cc3)n2)cc1. The second-order valence-electron chi connectivity index (χ2n) is 7.50. The van der Waals surface area contributed by atoms with Gasteiger partial charge in [-0.05, 0) is 60.7 Å². The van der Waals surface area contributed by atoms with Crippen LogP contribution < -0.4 is 10.2 Å². The Hall–Kier alpha value is -5.24. The van der Waals surface area contributed by atoms with Crippen molar-refractivity contribution < 1.29 is 4.92 Å². The Bertz CT molecular complexity index is 1410. The van der Waals surface area contributed by atoms with Gasteiger partial charge in [0.15, 0.2) is 5.82 Å². The van der Waals surface area contributed by atoms with Crippen LogP contribution in [-0.4, -0.2) is 34.0 Å². The number of aromatic nitrogens is 3. The Kier molecular flexibility index (Phi) is 6.64. The normalized spacial score (nSPS) is 10.7. The highest BCUT2D eigenvalue weighted by Crippen LogP contribution is 2.24. The number of anilines is 3. The van der Waals surface area contributed by atoms with E-state index in [0.29, 0.717) is 22.9 Å². The van der Waals surface area contributed by atoms with E-state index >= 15 is 0 Å². The molecule has 0 aliphatic heterocycles. The lowest BCUT2D eigenvalue weighted by molar-refractivity contribution is -0.384. The first kappa shape index (κ1) is 22.9. The summed E-state index contributed by atoms with van der Waals surface area (Å²) in [4.78, 5) is 25.1. The van der Waals surface area contributed by atoms with Crippen LogP contribution in [0, 0.1) is 21.4 Å². The molecular weight excluding hydrogens is 446 g/mol. The predicted octanol–water partition coefficient (Wildman–Crippen LogP) is 5.54. The van der Waals surface area contributed by atoms with Crippen molar-refractivity contribution in [1.82, 2.24) is 15.0 Å². The Morgan fingerprint density at radius 3 is 2.03 bits per heavy atom. The van der Waals surface area contributed by atoms with Gasteiger partial charge < -0.3 is 10.2 Å². The lowest BCUT2D eigenvalue weighted by Crippen LogP contribution is -2.08. The largest absolute Gasteiger partial charge is 0.378 e. The third-order valence-electron chi connectivity index (χ3n) is 4.84. The molecule has 0 spiro atoms. The molecule has 1 heterocycles. The second-order valence-corrected chi connectivity index (χ2v) is 7.50. The molecule has 0 amide bonds. The zero-order valence-electron chi connectivity index (χ0n) is 18.8. The minimum atomic E-state index is -0.470. The van der Waals surface area contributed by atoms with E-state index in [-0.39, 0.29) is 17.5 Å². The van der Waals surface area contributed by atoms with Crippen LogP contribution >= 0.6 is 0 Å². The van der Waals surface area contributed by atoms with Gasteiger partial charge in [0.05, 0.1) is 16.3 Å². The van der Waals surface area contributed by atoms with E-state index in [9.17, 15) is 15.4 Å². The van der Waals surface area contributed by atoms with Crippen molar-refractivity contribution in [2.75, 3.05) is 24.3 Å². The van der Waals surface area contributed by atoms with Crippen molar-refractivity contribution in [3.63, 3.8) is 0 Å². The maximum absolute atomic E-state index is 10.7. The monoisotopic (exact) mass is 465 g/mol. The molecule has 1 N–H and O–H groups in total. The molecule has 4 aromatic rings. The van der Waals surface area contributed by atoms with E-state index in [1.807, 2.05) is 49.3 Å². The number of nitrogens with one attached hydrogen (secondary N) is 1. The molecule has 1 aromatic heterocycles. The van der Waals surface area contributed by atoms with Gasteiger partial charge in [-0.15, -0.1) is 0 Å². The van der Waals surface area contributed by atoms with E-state index in [0.717, 1.165) is 11.3 Å².